The fourth-order valence-electron chi connectivity index (χ4n) is 2.27. The number of hydrogen-bond donors (Lipinski definition) is 1. The van der Waals surface area contributed by atoms with Gasteiger partial charge >= 0.3 is 0 Å². The van der Waals surface area contributed by atoms with Gasteiger partial charge in [0.1, 0.15) is 0 Å². The van der Waals surface area contributed by atoms with Crippen LogP contribution in [-0.2, 0) is 7.05 Å². The Morgan fingerprint density at radius 1 is 1.37 bits per heavy atom. The molecule has 2 aromatic rings. The van der Waals surface area contributed by atoms with Crippen molar-refractivity contribution in [1.29, 1.82) is 0 Å². The molecule has 1 aromatic carbocycles. The lowest BCUT2D eigenvalue weighted by atomic mass is 9.98. The summed E-state index contributed by atoms with van der Waals surface area (Å²) in [5.41, 5.74) is 3.76. The number of rotatable bonds is 5. The highest BCUT2D eigenvalue weighted by atomic mass is 79.9. The van der Waals surface area contributed by atoms with E-state index in [0.29, 0.717) is 0 Å². The number of halogens is 1. The van der Waals surface area contributed by atoms with Gasteiger partial charge in [-0.3, -0.25) is 4.68 Å². The molecule has 1 unspecified atom stereocenters. The van der Waals surface area contributed by atoms with E-state index in [1.54, 1.807) is 0 Å². The molecule has 3 nitrogen and oxygen atoms in total. The smallest absolute Gasteiger partial charge is 0.0751 e. The monoisotopic (exact) mass is 321 g/mol. The summed E-state index contributed by atoms with van der Waals surface area (Å²) in [5.74, 6) is 0. The highest BCUT2D eigenvalue weighted by Crippen LogP contribution is 2.28. The highest BCUT2D eigenvalue weighted by molar-refractivity contribution is 9.10. The first kappa shape index (κ1) is 14.3. The van der Waals surface area contributed by atoms with Crippen LogP contribution in [0.1, 0.15) is 36.2 Å². The molecule has 4 heteroatoms. The summed E-state index contributed by atoms with van der Waals surface area (Å²) in [6, 6.07) is 8.61. The van der Waals surface area contributed by atoms with Gasteiger partial charge in [-0.05, 0) is 43.1 Å². The lowest BCUT2D eigenvalue weighted by molar-refractivity contribution is 0.551. The van der Waals surface area contributed by atoms with E-state index >= 15 is 0 Å². The first-order chi connectivity index (χ1) is 9.15. The number of aryl methyl sites for hydroxylation is 1. The summed E-state index contributed by atoms with van der Waals surface area (Å²) in [6.07, 6.45) is 2.96. The number of nitrogens with one attached hydrogen (secondary N) is 1. The van der Waals surface area contributed by atoms with Crippen LogP contribution in [-0.4, -0.2) is 16.3 Å². The minimum absolute atomic E-state index is 0.185. The van der Waals surface area contributed by atoms with Gasteiger partial charge in [0.05, 0.1) is 11.7 Å². The Morgan fingerprint density at radius 3 is 2.79 bits per heavy atom. The van der Waals surface area contributed by atoms with Gasteiger partial charge in [-0.15, -0.1) is 0 Å². The zero-order chi connectivity index (χ0) is 13.8. The zero-order valence-corrected chi connectivity index (χ0v) is 13.2. The fourth-order valence-corrected chi connectivity index (χ4v) is 2.65. The van der Waals surface area contributed by atoms with Crippen LogP contribution in [0.15, 0.2) is 34.9 Å². The summed E-state index contributed by atoms with van der Waals surface area (Å²) in [6.45, 7) is 5.32. The highest BCUT2D eigenvalue weighted by Gasteiger charge is 2.19. The number of nitrogens with zero attached hydrogens (tertiary/aromatic N) is 2. The molecule has 0 fully saturated rings. The third-order valence-electron chi connectivity index (χ3n) is 3.37. The number of hydrogen-bond acceptors (Lipinski definition) is 2. The molecule has 0 saturated heterocycles. The Morgan fingerprint density at radius 2 is 2.16 bits per heavy atom. The van der Waals surface area contributed by atoms with Gasteiger partial charge in [-0.25, -0.2) is 0 Å². The van der Waals surface area contributed by atoms with E-state index in [4.69, 9.17) is 0 Å². The molecule has 2 rings (SSSR count). The van der Waals surface area contributed by atoms with Gasteiger partial charge < -0.3 is 5.32 Å². The van der Waals surface area contributed by atoms with Crippen molar-refractivity contribution in [3.05, 3.63) is 51.8 Å². The molecule has 102 valence electrons. The first-order valence-electron chi connectivity index (χ1n) is 6.61. The van der Waals surface area contributed by atoms with Crippen LogP contribution in [0, 0.1) is 6.92 Å². The molecule has 1 heterocycles. The predicted molar refractivity (Wildman–Crippen MR) is 82.2 cm³/mol. The van der Waals surface area contributed by atoms with E-state index in [1.807, 2.05) is 17.9 Å². The molecular weight excluding hydrogens is 302 g/mol. The van der Waals surface area contributed by atoms with Crippen molar-refractivity contribution < 1.29 is 0 Å². The van der Waals surface area contributed by atoms with Crippen LogP contribution in [0.5, 0.6) is 0 Å². The molecule has 0 aliphatic heterocycles. The van der Waals surface area contributed by atoms with Crippen LogP contribution in [0.2, 0.25) is 0 Å². The van der Waals surface area contributed by atoms with Crippen molar-refractivity contribution in [3.8, 4) is 0 Å². The first-order valence-corrected chi connectivity index (χ1v) is 7.40. The normalized spacial score (nSPS) is 12.6. The van der Waals surface area contributed by atoms with E-state index in [1.165, 1.54) is 16.8 Å². The van der Waals surface area contributed by atoms with E-state index < -0.39 is 0 Å². The molecule has 0 aliphatic rings. The van der Waals surface area contributed by atoms with E-state index in [-0.39, 0.29) is 6.04 Å². The summed E-state index contributed by atoms with van der Waals surface area (Å²) in [4.78, 5) is 0. The van der Waals surface area contributed by atoms with Crippen molar-refractivity contribution in [2.45, 2.75) is 26.3 Å². The van der Waals surface area contributed by atoms with Crippen molar-refractivity contribution in [1.82, 2.24) is 15.1 Å². The molecule has 1 aromatic heterocycles. The van der Waals surface area contributed by atoms with Gasteiger partial charge in [0.15, 0.2) is 0 Å². The molecule has 0 bridgehead atoms. The van der Waals surface area contributed by atoms with Crippen LogP contribution in [0.3, 0.4) is 0 Å². The molecule has 0 spiro atoms. The Balaban J connectivity index is 2.43. The van der Waals surface area contributed by atoms with Gasteiger partial charge in [-0.2, -0.15) is 5.10 Å². The summed E-state index contributed by atoms with van der Waals surface area (Å²) in [5, 5.41) is 7.90. The zero-order valence-electron chi connectivity index (χ0n) is 11.7. The van der Waals surface area contributed by atoms with Gasteiger partial charge in [0, 0.05) is 17.7 Å². The lowest BCUT2D eigenvalue weighted by Crippen LogP contribution is -2.26. The Hall–Kier alpha value is -1.13. The summed E-state index contributed by atoms with van der Waals surface area (Å²) >= 11 is 3.61. The van der Waals surface area contributed by atoms with Crippen LogP contribution >= 0.6 is 15.9 Å². The van der Waals surface area contributed by atoms with E-state index in [0.717, 1.165) is 17.4 Å². The Labute approximate surface area is 123 Å². The lowest BCUT2D eigenvalue weighted by Gasteiger charge is -2.21. The minimum Gasteiger partial charge on any atom is -0.305 e. The van der Waals surface area contributed by atoms with Gasteiger partial charge in [0.2, 0.25) is 0 Å². The average Bonchev–Trinajstić information content (AvgIpc) is 2.81. The fraction of sp³-hybridized carbons (Fsp3) is 0.400. The minimum atomic E-state index is 0.185. The Kier molecular flexibility index (Phi) is 4.77. The number of aromatic nitrogens is 2. The van der Waals surface area contributed by atoms with Crippen molar-refractivity contribution in [3.63, 3.8) is 0 Å². The largest absolute Gasteiger partial charge is 0.305 e. The van der Waals surface area contributed by atoms with Gasteiger partial charge in [0.25, 0.3) is 0 Å². The van der Waals surface area contributed by atoms with E-state index in [2.05, 4.69) is 64.5 Å². The third kappa shape index (κ3) is 3.07. The topological polar surface area (TPSA) is 29.9 Å². The maximum atomic E-state index is 4.29. The molecular formula is C15H20BrN3. The summed E-state index contributed by atoms with van der Waals surface area (Å²) < 4.78 is 3.09. The van der Waals surface area contributed by atoms with Crippen molar-refractivity contribution >= 4 is 15.9 Å². The van der Waals surface area contributed by atoms with Crippen LogP contribution in [0.4, 0.5) is 0 Å². The molecule has 19 heavy (non-hydrogen) atoms. The summed E-state index contributed by atoms with van der Waals surface area (Å²) in [7, 11) is 1.99. The predicted octanol–water partition coefficient (Wildman–Crippen LogP) is 3.58. The SMILES string of the molecule is CCCNC(c1cccc(Br)c1C)c1ccnn1C. The van der Waals surface area contributed by atoms with E-state index in [9.17, 15) is 0 Å². The third-order valence-corrected chi connectivity index (χ3v) is 4.23. The van der Waals surface area contributed by atoms with Crippen LogP contribution < -0.4 is 5.32 Å². The quantitative estimate of drug-likeness (QED) is 0.912. The Bertz CT molecular complexity index is 548. The second-order valence-electron chi connectivity index (χ2n) is 4.72. The molecule has 0 amide bonds. The maximum absolute atomic E-state index is 4.29. The molecule has 1 atom stereocenters. The van der Waals surface area contributed by atoms with Crippen molar-refractivity contribution in [2.24, 2.45) is 7.05 Å². The molecule has 0 radical (unpaired) electrons. The van der Waals surface area contributed by atoms with Gasteiger partial charge in [-0.1, -0.05) is 35.0 Å². The average molecular weight is 322 g/mol. The second-order valence-corrected chi connectivity index (χ2v) is 5.58. The second kappa shape index (κ2) is 6.35. The molecule has 0 aliphatic carbocycles. The molecule has 0 saturated carbocycles. The molecule has 1 N–H and O–H groups in total. The van der Waals surface area contributed by atoms with Crippen LogP contribution in [0.25, 0.3) is 0 Å². The standard InChI is InChI=1S/C15H20BrN3/c1-4-9-17-15(14-8-10-18-19(14)3)12-6-5-7-13(16)11(12)2/h5-8,10,15,17H,4,9H2,1-3H3. The maximum Gasteiger partial charge on any atom is 0.0751 e. The number of benzene rings is 1. The van der Waals surface area contributed by atoms with Crippen molar-refractivity contribution in [2.75, 3.05) is 6.54 Å².